The number of hydrogen-bond donors (Lipinski definition) is 1. The predicted molar refractivity (Wildman–Crippen MR) is 85.4 cm³/mol. The third-order valence-corrected chi connectivity index (χ3v) is 4.95. The maximum absolute atomic E-state index is 13.3. The van der Waals surface area contributed by atoms with E-state index in [0.717, 1.165) is 50.7 Å². The second-order valence-corrected chi connectivity index (χ2v) is 6.71. The Bertz CT molecular complexity index is 629. The molecule has 1 aromatic rings. The molecule has 1 aliphatic heterocycles. The maximum Gasteiger partial charge on any atom is 0.253 e. The summed E-state index contributed by atoms with van der Waals surface area (Å²) in [6.45, 7) is 0.863. The van der Waals surface area contributed by atoms with Gasteiger partial charge in [0.05, 0.1) is 5.92 Å². The zero-order valence-electron chi connectivity index (χ0n) is 13.6. The van der Waals surface area contributed by atoms with Gasteiger partial charge in [0.1, 0.15) is 0 Å². The van der Waals surface area contributed by atoms with Crippen LogP contribution in [0.1, 0.15) is 48.9 Å². The standard InChI is InChI=1S/C18H22F2N2O2/c19-15-8-7-12(10-16(15)20)18(24)22-9-3-4-13(11-22)17(23)21-14-5-1-2-6-14/h7-8,10,13-14H,1-6,9,11H2,(H,21,23)/t13-/m1/s1. The van der Waals surface area contributed by atoms with Gasteiger partial charge in [-0.1, -0.05) is 12.8 Å². The minimum atomic E-state index is -1.03. The Morgan fingerprint density at radius 2 is 1.79 bits per heavy atom. The average Bonchev–Trinajstić information content (AvgIpc) is 3.10. The Kier molecular flexibility index (Phi) is 5.11. The number of nitrogens with zero attached hydrogens (tertiary/aromatic N) is 1. The molecule has 1 heterocycles. The van der Waals surface area contributed by atoms with Crippen molar-refractivity contribution >= 4 is 11.8 Å². The molecule has 2 amide bonds. The number of halogens is 2. The van der Waals surface area contributed by atoms with Crippen LogP contribution in [0.5, 0.6) is 0 Å². The summed E-state index contributed by atoms with van der Waals surface area (Å²) in [6.07, 6.45) is 5.83. The molecule has 1 N–H and O–H groups in total. The molecule has 1 saturated carbocycles. The number of rotatable bonds is 3. The summed E-state index contributed by atoms with van der Waals surface area (Å²) >= 11 is 0. The monoisotopic (exact) mass is 336 g/mol. The zero-order valence-corrected chi connectivity index (χ0v) is 13.6. The van der Waals surface area contributed by atoms with Crippen LogP contribution in [0.25, 0.3) is 0 Å². The fraction of sp³-hybridized carbons (Fsp3) is 0.556. The Morgan fingerprint density at radius 1 is 1.04 bits per heavy atom. The number of piperidine rings is 1. The highest BCUT2D eigenvalue weighted by atomic mass is 19.2. The molecule has 0 bridgehead atoms. The van der Waals surface area contributed by atoms with Crippen molar-refractivity contribution in [2.24, 2.45) is 5.92 Å². The van der Waals surface area contributed by atoms with E-state index in [1.807, 2.05) is 0 Å². The van der Waals surface area contributed by atoms with Crippen LogP contribution in [-0.4, -0.2) is 35.8 Å². The molecule has 24 heavy (non-hydrogen) atoms. The lowest BCUT2D eigenvalue weighted by molar-refractivity contribution is -0.127. The van der Waals surface area contributed by atoms with E-state index in [1.165, 1.54) is 6.07 Å². The van der Waals surface area contributed by atoms with Gasteiger partial charge in [-0.2, -0.15) is 0 Å². The van der Waals surface area contributed by atoms with Crippen molar-refractivity contribution in [2.45, 2.75) is 44.6 Å². The number of likely N-dealkylation sites (tertiary alicyclic amines) is 1. The van der Waals surface area contributed by atoms with Crippen molar-refractivity contribution in [3.05, 3.63) is 35.4 Å². The van der Waals surface area contributed by atoms with Crippen molar-refractivity contribution in [1.82, 2.24) is 10.2 Å². The summed E-state index contributed by atoms with van der Waals surface area (Å²) in [6, 6.07) is 3.41. The number of benzene rings is 1. The largest absolute Gasteiger partial charge is 0.353 e. The first-order valence-corrected chi connectivity index (χ1v) is 8.59. The molecule has 2 fully saturated rings. The molecule has 130 valence electrons. The predicted octanol–water partition coefficient (Wildman–Crippen LogP) is 2.88. The second-order valence-electron chi connectivity index (χ2n) is 6.71. The lowest BCUT2D eigenvalue weighted by atomic mass is 9.96. The van der Waals surface area contributed by atoms with Gasteiger partial charge < -0.3 is 10.2 Å². The fourth-order valence-corrected chi connectivity index (χ4v) is 3.58. The van der Waals surface area contributed by atoms with Crippen molar-refractivity contribution < 1.29 is 18.4 Å². The Morgan fingerprint density at radius 3 is 2.50 bits per heavy atom. The van der Waals surface area contributed by atoms with E-state index in [4.69, 9.17) is 0 Å². The van der Waals surface area contributed by atoms with E-state index in [2.05, 4.69) is 5.32 Å². The summed E-state index contributed by atoms with van der Waals surface area (Å²) in [5, 5.41) is 3.08. The Hall–Kier alpha value is -1.98. The first kappa shape index (κ1) is 16.9. The van der Waals surface area contributed by atoms with Crippen LogP contribution in [0.3, 0.4) is 0 Å². The van der Waals surface area contributed by atoms with E-state index in [9.17, 15) is 18.4 Å². The first-order valence-electron chi connectivity index (χ1n) is 8.59. The van der Waals surface area contributed by atoms with Crippen LogP contribution in [0.4, 0.5) is 8.78 Å². The van der Waals surface area contributed by atoms with E-state index >= 15 is 0 Å². The van der Waals surface area contributed by atoms with Gasteiger partial charge in [0.15, 0.2) is 11.6 Å². The van der Waals surface area contributed by atoms with E-state index in [1.54, 1.807) is 4.90 Å². The highest BCUT2D eigenvalue weighted by molar-refractivity contribution is 5.94. The Labute approximate surface area is 140 Å². The average molecular weight is 336 g/mol. The van der Waals surface area contributed by atoms with Crippen molar-refractivity contribution in [2.75, 3.05) is 13.1 Å². The molecule has 1 aliphatic carbocycles. The van der Waals surface area contributed by atoms with Crippen molar-refractivity contribution in [3.63, 3.8) is 0 Å². The third kappa shape index (κ3) is 3.74. The molecule has 3 rings (SSSR count). The van der Waals surface area contributed by atoms with Crippen molar-refractivity contribution in [3.8, 4) is 0 Å². The number of amides is 2. The van der Waals surface area contributed by atoms with Gasteiger partial charge in [0, 0.05) is 24.7 Å². The SMILES string of the molecule is O=C(NC1CCCC1)[C@@H]1CCCN(C(=O)c2ccc(F)c(F)c2)C1. The van der Waals surface area contributed by atoms with Crippen LogP contribution in [0, 0.1) is 17.6 Å². The molecule has 2 aliphatic rings. The molecule has 6 heteroatoms. The molecular weight excluding hydrogens is 314 g/mol. The molecule has 1 aromatic carbocycles. The minimum absolute atomic E-state index is 0.00434. The van der Waals surface area contributed by atoms with Gasteiger partial charge in [-0.25, -0.2) is 8.78 Å². The van der Waals surface area contributed by atoms with E-state index in [0.29, 0.717) is 13.1 Å². The number of nitrogens with one attached hydrogen (secondary N) is 1. The molecular formula is C18H22F2N2O2. The zero-order chi connectivity index (χ0) is 17.1. The van der Waals surface area contributed by atoms with Crippen LogP contribution in [0.15, 0.2) is 18.2 Å². The maximum atomic E-state index is 13.3. The van der Waals surface area contributed by atoms with E-state index in [-0.39, 0.29) is 29.3 Å². The smallest absolute Gasteiger partial charge is 0.253 e. The van der Waals surface area contributed by atoms with Crippen LogP contribution < -0.4 is 5.32 Å². The van der Waals surface area contributed by atoms with Crippen molar-refractivity contribution in [1.29, 1.82) is 0 Å². The second kappa shape index (κ2) is 7.28. The molecule has 0 unspecified atom stereocenters. The topological polar surface area (TPSA) is 49.4 Å². The molecule has 0 spiro atoms. The number of carbonyl (C=O) groups excluding carboxylic acids is 2. The van der Waals surface area contributed by atoms with Gasteiger partial charge >= 0.3 is 0 Å². The summed E-state index contributed by atoms with van der Waals surface area (Å²) in [4.78, 5) is 26.4. The summed E-state index contributed by atoms with van der Waals surface area (Å²) < 4.78 is 26.3. The lowest BCUT2D eigenvalue weighted by Gasteiger charge is -2.32. The number of carbonyl (C=O) groups is 2. The van der Waals surface area contributed by atoms with E-state index < -0.39 is 11.6 Å². The third-order valence-electron chi connectivity index (χ3n) is 4.95. The summed E-state index contributed by atoms with van der Waals surface area (Å²) in [5.74, 6) is -2.59. The number of hydrogen-bond acceptors (Lipinski definition) is 2. The van der Waals surface area contributed by atoms with Gasteiger partial charge in [0.25, 0.3) is 5.91 Å². The molecule has 1 saturated heterocycles. The molecule has 4 nitrogen and oxygen atoms in total. The van der Waals surface area contributed by atoms with Crippen LogP contribution in [0.2, 0.25) is 0 Å². The summed E-state index contributed by atoms with van der Waals surface area (Å²) in [5.41, 5.74) is 0.116. The van der Waals surface area contributed by atoms with Gasteiger partial charge in [0.2, 0.25) is 5.91 Å². The highest BCUT2D eigenvalue weighted by Crippen LogP contribution is 2.22. The van der Waals surface area contributed by atoms with Gasteiger partial charge in [-0.3, -0.25) is 9.59 Å². The highest BCUT2D eigenvalue weighted by Gasteiger charge is 2.30. The lowest BCUT2D eigenvalue weighted by Crippen LogP contribution is -2.47. The molecule has 0 aromatic heterocycles. The normalized spacial score (nSPS) is 21.8. The van der Waals surface area contributed by atoms with Gasteiger partial charge in [-0.15, -0.1) is 0 Å². The quantitative estimate of drug-likeness (QED) is 0.923. The minimum Gasteiger partial charge on any atom is -0.353 e. The fourth-order valence-electron chi connectivity index (χ4n) is 3.58. The molecule has 1 atom stereocenters. The summed E-state index contributed by atoms with van der Waals surface area (Å²) in [7, 11) is 0. The Balaban J connectivity index is 1.62. The molecule has 0 radical (unpaired) electrons. The van der Waals surface area contributed by atoms with Gasteiger partial charge in [-0.05, 0) is 43.9 Å². The first-order chi connectivity index (χ1) is 11.5. The van der Waals surface area contributed by atoms with Crippen LogP contribution >= 0.6 is 0 Å². The van der Waals surface area contributed by atoms with Crippen LogP contribution in [-0.2, 0) is 4.79 Å².